The van der Waals surface area contributed by atoms with Crippen LogP contribution in [0.4, 0.5) is 19.4 Å². The molecule has 0 aliphatic rings. The first-order valence-electron chi connectivity index (χ1n) is 7.38. The van der Waals surface area contributed by atoms with Gasteiger partial charge < -0.3 is 5.32 Å². The Balaban J connectivity index is 1.57. The summed E-state index contributed by atoms with van der Waals surface area (Å²) in [6.45, 7) is 0.165. The maximum absolute atomic E-state index is 13.6. The van der Waals surface area contributed by atoms with Gasteiger partial charge in [0.1, 0.15) is 11.6 Å². The van der Waals surface area contributed by atoms with Gasteiger partial charge in [0.05, 0.1) is 12.7 Å². The molecule has 25 heavy (non-hydrogen) atoms. The average molecular weight is 344 g/mol. The molecule has 9 heteroatoms. The molecule has 3 aromatic rings. The van der Waals surface area contributed by atoms with Crippen LogP contribution in [0.1, 0.15) is 11.1 Å². The number of hydrogen-bond donors (Lipinski definition) is 2. The third-order valence-electron chi connectivity index (χ3n) is 3.34. The summed E-state index contributed by atoms with van der Waals surface area (Å²) in [7, 11) is 0. The molecule has 2 heterocycles. The third kappa shape index (κ3) is 4.34. The van der Waals surface area contributed by atoms with Crippen LogP contribution in [-0.4, -0.2) is 26.0 Å². The van der Waals surface area contributed by atoms with E-state index in [1.807, 2.05) is 6.07 Å². The summed E-state index contributed by atoms with van der Waals surface area (Å²) in [6.07, 6.45) is 4.66. The summed E-state index contributed by atoms with van der Waals surface area (Å²) in [4.78, 5) is 15.8. The smallest absolute Gasteiger partial charge is 0.320 e. The second-order valence-electron chi connectivity index (χ2n) is 5.17. The molecule has 2 aromatic heterocycles. The van der Waals surface area contributed by atoms with Crippen LogP contribution >= 0.6 is 0 Å². The number of anilines is 1. The number of carbonyl (C=O) groups is 1. The summed E-state index contributed by atoms with van der Waals surface area (Å²) in [5.41, 5.74) is 0.719. The highest BCUT2D eigenvalue weighted by molar-refractivity contribution is 5.87. The largest absolute Gasteiger partial charge is 0.334 e. The summed E-state index contributed by atoms with van der Waals surface area (Å²) in [6, 6.07) is 6.73. The van der Waals surface area contributed by atoms with Gasteiger partial charge in [0.25, 0.3) is 0 Å². The predicted molar refractivity (Wildman–Crippen MR) is 85.6 cm³/mol. The number of benzene rings is 1. The zero-order chi connectivity index (χ0) is 17.6. The van der Waals surface area contributed by atoms with E-state index >= 15 is 0 Å². The first-order chi connectivity index (χ1) is 12.1. The Hall–Kier alpha value is -3.36. The Bertz CT molecular complexity index is 848. The average Bonchev–Trinajstić information content (AvgIpc) is 3.04. The van der Waals surface area contributed by atoms with E-state index in [9.17, 15) is 13.6 Å². The quantitative estimate of drug-likeness (QED) is 0.744. The molecule has 0 aliphatic heterocycles. The monoisotopic (exact) mass is 344 g/mol. The molecule has 0 spiro atoms. The van der Waals surface area contributed by atoms with Crippen molar-refractivity contribution in [3.8, 4) is 0 Å². The van der Waals surface area contributed by atoms with Crippen molar-refractivity contribution in [1.82, 2.24) is 25.3 Å². The van der Waals surface area contributed by atoms with Crippen molar-refractivity contribution in [2.75, 3.05) is 5.32 Å². The molecule has 128 valence electrons. The van der Waals surface area contributed by atoms with E-state index in [4.69, 9.17) is 0 Å². The number of nitrogens with zero attached hydrogens (tertiary/aromatic N) is 4. The molecule has 0 unspecified atom stereocenters. The number of nitrogens with one attached hydrogen (secondary N) is 2. The Morgan fingerprint density at radius 3 is 2.68 bits per heavy atom. The second-order valence-corrected chi connectivity index (χ2v) is 5.17. The number of amides is 2. The van der Waals surface area contributed by atoms with E-state index in [2.05, 4.69) is 25.9 Å². The van der Waals surface area contributed by atoms with Gasteiger partial charge in [-0.15, -0.1) is 5.10 Å². The van der Waals surface area contributed by atoms with Crippen molar-refractivity contribution >= 4 is 11.8 Å². The van der Waals surface area contributed by atoms with Gasteiger partial charge in [-0.25, -0.2) is 18.3 Å². The number of urea groups is 1. The predicted octanol–water partition coefficient (Wildman–Crippen LogP) is 2.32. The Labute approximate surface area is 141 Å². The third-order valence-corrected chi connectivity index (χ3v) is 3.34. The maximum atomic E-state index is 13.6. The van der Waals surface area contributed by atoms with E-state index in [-0.39, 0.29) is 17.9 Å². The van der Waals surface area contributed by atoms with Crippen LogP contribution in [0.15, 0.2) is 48.9 Å². The lowest BCUT2D eigenvalue weighted by Crippen LogP contribution is -2.28. The molecule has 0 atom stereocenters. The molecule has 0 bridgehead atoms. The van der Waals surface area contributed by atoms with Crippen LogP contribution in [0.25, 0.3) is 0 Å². The van der Waals surface area contributed by atoms with E-state index in [0.29, 0.717) is 6.54 Å². The van der Waals surface area contributed by atoms with Crippen LogP contribution in [-0.2, 0) is 13.1 Å². The molecule has 0 fully saturated rings. The van der Waals surface area contributed by atoms with Crippen molar-refractivity contribution < 1.29 is 13.6 Å². The first-order valence-corrected chi connectivity index (χ1v) is 7.38. The highest BCUT2D eigenvalue weighted by Crippen LogP contribution is 2.13. The topological polar surface area (TPSA) is 84.7 Å². The van der Waals surface area contributed by atoms with Gasteiger partial charge in [-0.05, 0) is 23.8 Å². The molecule has 0 radical (unpaired) electrons. The fraction of sp³-hybridized carbons (Fsp3) is 0.125. The minimum absolute atomic E-state index is 0.125. The number of rotatable bonds is 5. The fourth-order valence-corrected chi connectivity index (χ4v) is 2.12. The summed E-state index contributed by atoms with van der Waals surface area (Å²) in [5, 5.41) is 12.6. The molecule has 2 amide bonds. The zero-order valence-corrected chi connectivity index (χ0v) is 13.0. The van der Waals surface area contributed by atoms with Gasteiger partial charge >= 0.3 is 6.03 Å². The van der Waals surface area contributed by atoms with E-state index in [1.165, 1.54) is 29.1 Å². The highest BCUT2D eigenvalue weighted by atomic mass is 19.1. The number of hydrogen-bond acceptors (Lipinski definition) is 4. The lowest BCUT2D eigenvalue weighted by molar-refractivity contribution is 0.251. The minimum Gasteiger partial charge on any atom is -0.334 e. The number of carbonyl (C=O) groups excluding carboxylic acids is 1. The molecule has 0 aliphatic carbocycles. The summed E-state index contributed by atoms with van der Waals surface area (Å²) < 4.78 is 28.5. The molecule has 3 rings (SSSR count). The van der Waals surface area contributed by atoms with E-state index in [0.717, 1.165) is 5.56 Å². The lowest BCUT2D eigenvalue weighted by Gasteiger charge is -2.05. The normalized spacial score (nSPS) is 10.5. The van der Waals surface area contributed by atoms with E-state index in [1.54, 1.807) is 18.5 Å². The molecule has 1 aromatic carbocycles. The minimum atomic E-state index is -0.667. The van der Waals surface area contributed by atoms with Crippen LogP contribution in [0, 0.1) is 11.6 Å². The van der Waals surface area contributed by atoms with Gasteiger partial charge in [0.2, 0.25) is 0 Å². The highest BCUT2D eigenvalue weighted by Gasteiger charge is 2.11. The molecular formula is C16H14F2N6O. The standard InChI is InChI=1S/C16H14F2N6O/c17-13-4-1-5-14(18)12(13)9-24-10-15(22-23-24)21-16(25)20-8-11-3-2-6-19-7-11/h1-7,10H,8-9H2,(H2,20,21,25). The molecule has 0 saturated heterocycles. The van der Waals surface area contributed by atoms with Crippen LogP contribution in [0.3, 0.4) is 0 Å². The summed E-state index contributed by atoms with van der Waals surface area (Å²) >= 11 is 0. The molecule has 0 saturated carbocycles. The maximum Gasteiger partial charge on any atom is 0.320 e. The van der Waals surface area contributed by atoms with Gasteiger partial charge in [0.15, 0.2) is 5.82 Å². The Kier molecular flexibility index (Phi) is 4.93. The molecular weight excluding hydrogens is 330 g/mol. The first kappa shape index (κ1) is 16.5. The Morgan fingerprint density at radius 1 is 1.16 bits per heavy atom. The lowest BCUT2D eigenvalue weighted by atomic mass is 10.2. The van der Waals surface area contributed by atoms with Crippen LogP contribution in [0.5, 0.6) is 0 Å². The van der Waals surface area contributed by atoms with Gasteiger partial charge in [-0.1, -0.05) is 17.3 Å². The summed E-state index contributed by atoms with van der Waals surface area (Å²) in [5.74, 6) is -1.17. The molecule has 2 N–H and O–H groups in total. The van der Waals surface area contributed by atoms with Gasteiger partial charge in [-0.3, -0.25) is 10.3 Å². The Morgan fingerprint density at radius 2 is 1.96 bits per heavy atom. The van der Waals surface area contributed by atoms with Crippen molar-refractivity contribution in [3.63, 3.8) is 0 Å². The van der Waals surface area contributed by atoms with E-state index < -0.39 is 17.7 Å². The van der Waals surface area contributed by atoms with Gasteiger partial charge in [0, 0.05) is 24.5 Å². The second kappa shape index (κ2) is 7.47. The van der Waals surface area contributed by atoms with Crippen LogP contribution < -0.4 is 10.6 Å². The fourth-order valence-electron chi connectivity index (χ4n) is 2.12. The molecule has 7 nitrogen and oxygen atoms in total. The van der Waals surface area contributed by atoms with Crippen molar-refractivity contribution in [3.05, 3.63) is 71.7 Å². The zero-order valence-electron chi connectivity index (χ0n) is 13.0. The van der Waals surface area contributed by atoms with Crippen molar-refractivity contribution in [2.45, 2.75) is 13.1 Å². The van der Waals surface area contributed by atoms with Crippen LogP contribution in [0.2, 0.25) is 0 Å². The number of pyridine rings is 1. The number of aromatic nitrogens is 4. The van der Waals surface area contributed by atoms with Crippen molar-refractivity contribution in [2.24, 2.45) is 0 Å². The SMILES string of the molecule is O=C(NCc1cccnc1)Nc1cn(Cc2c(F)cccc2F)nn1. The number of halogens is 2. The van der Waals surface area contributed by atoms with Crippen molar-refractivity contribution in [1.29, 1.82) is 0 Å². The van der Waals surface area contributed by atoms with Gasteiger partial charge in [-0.2, -0.15) is 0 Å².